The standard InChI is InChI=1S/C15H32N2O/c1-5-7-8-9-10-11-14(18)17(6-2)13-15(3,4)12-16/h5-13,16H2,1-4H3. The Balaban J connectivity index is 3.96. The molecular formula is C15H32N2O. The third kappa shape index (κ3) is 7.70. The first-order chi connectivity index (χ1) is 8.46. The lowest BCUT2D eigenvalue weighted by atomic mass is 9.93. The monoisotopic (exact) mass is 256 g/mol. The molecule has 0 aliphatic rings. The minimum atomic E-state index is 0.0217. The van der Waals surface area contributed by atoms with E-state index < -0.39 is 0 Å². The van der Waals surface area contributed by atoms with Crippen LogP contribution < -0.4 is 5.73 Å². The molecule has 0 saturated carbocycles. The van der Waals surface area contributed by atoms with Gasteiger partial charge in [-0.1, -0.05) is 46.5 Å². The summed E-state index contributed by atoms with van der Waals surface area (Å²) in [6, 6.07) is 0. The molecular weight excluding hydrogens is 224 g/mol. The van der Waals surface area contributed by atoms with Crippen LogP contribution in [0.5, 0.6) is 0 Å². The molecule has 0 aliphatic carbocycles. The third-order valence-corrected chi connectivity index (χ3v) is 3.40. The van der Waals surface area contributed by atoms with Gasteiger partial charge in [0.05, 0.1) is 0 Å². The Labute approximate surface area is 113 Å². The molecule has 3 heteroatoms. The lowest BCUT2D eigenvalue weighted by molar-refractivity contribution is -0.132. The van der Waals surface area contributed by atoms with Gasteiger partial charge in [0.1, 0.15) is 0 Å². The van der Waals surface area contributed by atoms with Crippen LogP contribution >= 0.6 is 0 Å². The van der Waals surface area contributed by atoms with Crippen LogP contribution in [0.3, 0.4) is 0 Å². The summed E-state index contributed by atoms with van der Waals surface area (Å²) >= 11 is 0. The van der Waals surface area contributed by atoms with E-state index >= 15 is 0 Å². The van der Waals surface area contributed by atoms with E-state index in [4.69, 9.17) is 5.73 Å². The van der Waals surface area contributed by atoms with Gasteiger partial charge in [-0.15, -0.1) is 0 Å². The van der Waals surface area contributed by atoms with Crippen LogP contribution in [0.2, 0.25) is 0 Å². The number of hydrogen-bond acceptors (Lipinski definition) is 2. The summed E-state index contributed by atoms with van der Waals surface area (Å²) in [4.78, 5) is 14.0. The predicted molar refractivity (Wildman–Crippen MR) is 78.5 cm³/mol. The van der Waals surface area contributed by atoms with Crippen LogP contribution in [0.15, 0.2) is 0 Å². The Kier molecular flexibility index (Phi) is 9.08. The molecule has 0 unspecified atom stereocenters. The number of unbranched alkanes of at least 4 members (excludes halogenated alkanes) is 4. The molecule has 0 aliphatic heterocycles. The van der Waals surface area contributed by atoms with Gasteiger partial charge in [0.15, 0.2) is 0 Å². The molecule has 0 aromatic heterocycles. The summed E-state index contributed by atoms with van der Waals surface area (Å²) in [5.41, 5.74) is 5.75. The zero-order valence-corrected chi connectivity index (χ0v) is 12.8. The molecule has 0 saturated heterocycles. The second-order valence-electron chi connectivity index (χ2n) is 5.94. The highest BCUT2D eigenvalue weighted by atomic mass is 16.2. The largest absolute Gasteiger partial charge is 0.342 e. The molecule has 1 amide bonds. The highest BCUT2D eigenvalue weighted by Gasteiger charge is 2.22. The van der Waals surface area contributed by atoms with Crippen molar-refractivity contribution in [1.29, 1.82) is 0 Å². The summed E-state index contributed by atoms with van der Waals surface area (Å²) in [6.07, 6.45) is 6.68. The Morgan fingerprint density at radius 3 is 2.22 bits per heavy atom. The quantitative estimate of drug-likeness (QED) is 0.610. The fraction of sp³-hybridized carbons (Fsp3) is 0.933. The molecule has 0 rings (SSSR count). The smallest absolute Gasteiger partial charge is 0.222 e. The fourth-order valence-electron chi connectivity index (χ4n) is 2.00. The van der Waals surface area contributed by atoms with Crippen LogP contribution in [0, 0.1) is 5.41 Å². The van der Waals surface area contributed by atoms with Gasteiger partial charge in [-0.25, -0.2) is 0 Å². The number of rotatable bonds is 10. The van der Waals surface area contributed by atoms with E-state index in [1.165, 1.54) is 25.7 Å². The van der Waals surface area contributed by atoms with Gasteiger partial charge in [-0.05, 0) is 25.3 Å². The van der Waals surface area contributed by atoms with Gasteiger partial charge >= 0.3 is 0 Å². The molecule has 18 heavy (non-hydrogen) atoms. The Hall–Kier alpha value is -0.570. The lowest BCUT2D eigenvalue weighted by Crippen LogP contribution is -2.41. The maximum atomic E-state index is 12.1. The zero-order chi connectivity index (χ0) is 14.0. The molecule has 0 atom stereocenters. The van der Waals surface area contributed by atoms with Crippen molar-refractivity contribution in [2.75, 3.05) is 19.6 Å². The molecule has 108 valence electrons. The van der Waals surface area contributed by atoms with Crippen molar-refractivity contribution in [2.45, 2.75) is 66.2 Å². The van der Waals surface area contributed by atoms with Crippen LogP contribution in [-0.2, 0) is 4.79 Å². The highest BCUT2D eigenvalue weighted by molar-refractivity contribution is 5.76. The van der Waals surface area contributed by atoms with E-state index in [1.807, 2.05) is 11.8 Å². The molecule has 0 radical (unpaired) electrons. The molecule has 0 aromatic carbocycles. The number of nitrogens with zero attached hydrogens (tertiary/aromatic N) is 1. The van der Waals surface area contributed by atoms with E-state index in [-0.39, 0.29) is 11.3 Å². The van der Waals surface area contributed by atoms with Gasteiger partial charge in [0, 0.05) is 19.5 Å². The molecule has 3 nitrogen and oxygen atoms in total. The van der Waals surface area contributed by atoms with Crippen LogP contribution in [0.4, 0.5) is 0 Å². The van der Waals surface area contributed by atoms with Crippen molar-refractivity contribution >= 4 is 5.91 Å². The first-order valence-corrected chi connectivity index (χ1v) is 7.44. The Morgan fingerprint density at radius 1 is 1.11 bits per heavy atom. The SMILES string of the molecule is CCCCCCCC(=O)N(CC)CC(C)(C)CN. The second kappa shape index (κ2) is 9.37. The van der Waals surface area contributed by atoms with Crippen LogP contribution in [0.1, 0.15) is 66.2 Å². The zero-order valence-electron chi connectivity index (χ0n) is 12.8. The minimum Gasteiger partial charge on any atom is -0.342 e. The van der Waals surface area contributed by atoms with Crippen LogP contribution in [0.25, 0.3) is 0 Å². The van der Waals surface area contributed by atoms with E-state index in [0.29, 0.717) is 13.0 Å². The molecule has 0 aromatic rings. The van der Waals surface area contributed by atoms with Crippen molar-refractivity contribution in [3.8, 4) is 0 Å². The predicted octanol–water partition coefficient (Wildman–Crippen LogP) is 3.18. The van der Waals surface area contributed by atoms with E-state index in [0.717, 1.165) is 19.5 Å². The summed E-state index contributed by atoms with van der Waals surface area (Å²) in [5.74, 6) is 0.288. The van der Waals surface area contributed by atoms with Crippen molar-refractivity contribution < 1.29 is 4.79 Å². The Morgan fingerprint density at radius 2 is 1.72 bits per heavy atom. The van der Waals surface area contributed by atoms with Gasteiger partial charge < -0.3 is 10.6 Å². The van der Waals surface area contributed by atoms with Crippen molar-refractivity contribution in [1.82, 2.24) is 4.90 Å². The number of amides is 1. The molecule has 0 spiro atoms. The second-order valence-corrected chi connectivity index (χ2v) is 5.94. The van der Waals surface area contributed by atoms with Gasteiger partial charge in [-0.2, -0.15) is 0 Å². The number of carbonyl (C=O) groups is 1. The summed E-state index contributed by atoms with van der Waals surface area (Å²) < 4.78 is 0. The van der Waals surface area contributed by atoms with Crippen molar-refractivity contribution in [2.24, 2.45) is 11.1 Å². The maximum Gasteiger partial charge on any atom is 0.222 e. The number of carbonyl (C=O) groups excluding carboxylic acids is 1. The van der Waals surface area contributed by atoms with Gasteiger partial charge in [0.25, 0.3) is 0 Å². The summed E-state index contributed by atoms with van der Waals surface area (Å²) in [5, 5.41) is 0. The van der Waals surface area contributed by atoms with Crippen LogP contribution in [-0.4, -0.2) is 30.4 Å². The summed E-state index contributed by atoms with van der Waals surface area (Å²) in [6.45, 7) is 10.7. The van der Waals surface area contributed by atoms with E-state index in [9.17, 15) is 4.79 Å². The van der Waals surface area contributed by atoms with Crippen molar-refractivity contribution in [3.63, 3.8) is 0 Å². The summed E-state index contributed by atoms with van der Waals surface area (Å²) in [7, 11) is 0. The first-order valence-electron chi connectivity index (χ1n) is 7.44. The van der Waals surface area contributed by atoms with Crippen molar-refractivity contribution in [3.05, 3.63) is 0 Å². The fourth-order valence-corrected chi connectivity index (χ4v) is 2.00. The highest BCUT2D eigenvalue weighted by Crippen LogP contribution is 2.16. The number of hydrogen-bond donors (Lipinski definition) is 1. The van der Waals surface area contributed by atoms with E-state index in [1.54, 1.807) is 0 Å². The van der Waals surface area contributed by atoms with Gasteiger partial charge in [0.2, 0.25) is 5.91 Å². The average Bonchev–Trinajstić information content (AvgIpc) is 2.35. The number of nitrogens with two attached hydrogens (primary N) is 1. The van der Waals surface area contributed by atoms with E-state index in [2.05, 4.69) is 20.8 Å². The Bertz CT molecular complexity index is 227. The molecule has 0 bridgehead atoms. The molecule has 0 heterocycles. The molecule has 2 N–H and O–H groups in total. The minimum absolute atomic E-state index is 0.0217. The average molecular weight is 256 g/mol. The third-order valence-electron chi connectivity index (χ3n) is 3.40. The van der Waals surface area contributed by atoms with Gasteiger partial charge in [-0.3, -0.25) is 4.79 Å². The lowest BCUT2D eigenvalue weighted by Gasteiger charge is -2.31. The maximum absolute atomic E-state index is 12.1. The molecule has 0 fully saturated rings. The topological polar surface area (TPSA) is 46.3 Å². The first kappa shape index (κ1) is 17.4. The normalized spacial score (nSPS) is 11.6.